The minimum atomic E-state index is -0.870. The average molecular weight is 300 g/mol. The number of carbonyl (C=O) groups excluding carboxylic acids is 1. The Morgan fingerprint density at radius 2 is 2.00 bits per heavy atom. The van der Waals surface area contributed by atoms with Crippen LogP contribution in [-0.2, 0) is 9.53 Å². The van der Waals surface area contributed by atoms with Gasteiger partial charge in [-0.15, -0.1) is 0 Å². The number of aliphatic carboxylic acids is 1. The lowest BCUT2D eigenvalue weighted by Crippen LogP contribution is -2.47. The first kappa shape index (κ1) is 17.8. The molecule has 1 aliphatic heterocycles. The Morgan fingerprint density at radius 1 is 1.38 bits per heavy atom. The minimum Gasteiger partial charge on any atom is -0.481 e. The smallest absolute Gasteiger partial charge is 0.317 e. The predicted molar refractivity (Wildman–Crippen MR) is 80.2 cm³/mol. The number of nitrogens with zero attached hydrogens (tertiary/aromatic N) is 1. The fraction of sp³-hybridized carbons (Fsp3) is 0.867. The van der Waals surface area contributed by atoms with E-state index in [0.29, 0.717) is 32.5 Å². The van der Waals surface area contributed by atoms with E-state index in [1.165, 1.54) is 0 Å². The van der Waals surface area contributed by atoms with E-state index in [9.17, 15) is 14.7 Å². The average Bonchev–Trinajstić information content (AvgIpc) is 2.82. The van der Waals surface area contributed by atoms with Crippen LogP contribution < -0.4 is 5.32 Å². The van der Waals surface area contributed by atoms with E-state index in [1.54, 1.807) is 12.0 Å². The Bertz CT molecular complexity index is 382. The molecule has 1 unspecified atom stereocenters. The fourth-order valence-corrected chi connectivity index (χ4v) is 2.90. The summed E-state index contributed by atoms with van der Waals surface area (Å²) in [5.74, 6) is -0.849. The molecule has 1 heterocycles. The van der Waals surface area contributed by atoms with Crippen molar-refractivity contribution in [2.45, 2.75) is 40.0 Å². The van der Waals surface area contributed by atoms with Crippen LogP contribution in [0.5, 0.6) is 0 Å². The van der Waals surface area contributed by atoms with E-state index in [1.807, 2.05) is 13.8 Å². The van der Waals surface area contributed by atoms with Crippen molar-refractivity contribution < 1.29 is 19.4 Å². The molecule has 21 heavy (non-hydrogen) atoms. The van der Waals surface area contributed by atoms with Crippen molar-refractivity contribution in [2.24, 2.45) is 10.8 Å². The first-order chi connectivity index (χ1) is 9.82. The molecule has 1 saturated heterocycles. The van der Waals surface area contributed by atoms with Gasteiger partial charge in [0.1, 0.15) is 0 Å². The number of urea groups is 1. The highest BCUT2D eigenvalue weighted by molar-refractivity contribution is 5.78. The van der Waals surface area contributed by atoms with Crippen LogP contribution in [0.15, 0.2) is 0 Å². The van der Waals surface area contributed by atoms with Crippen molar-refractivity contribution >= 4 is 12.0 Å². The zero-order chi connectivity index (χ0) is 16.1. The van der Waals surface area contributed by atoms with E-state index in [2.05, 4.69) is 12.2 Å². The van der Waals surface area contributed by atoms with Crippen LogP contribution in [0.4, 0.5) is 4.79 Å². The largest absolute Gasteiger partial charge is 0.481 e. The van der Waals surface area contributed by atoms with Gasteiger partial charge in [0.2, 0.25) is 0 Å². The van der Waals surface area contributed by atoms with Gasteiger partial charge in [-0.2, -0.15) is 0 Å². The molecule has 122 valence electrons. The molecule has 6 heteroatoms. The van der Waals surface area contributed by atoms with Crippen LogP contribution in [0, 0.1) is 10.8 Å². The highest BCUT2D eigenvalue weighted by Gasteiger charge is 2.38. The van der Waals surface area contributed by atoms with Gasteiger partial charge >= 0.3 is 12.0 Å². The summed E-state index contributed by atoms with van der Waals surface area (Å²) < 4.78 is 5.20. The third-order valence-corrected chi connectivity index (χ3v) is 4.72. The van der Waals surface area contributed by atoms with E-state index in [-0.39, 0.29) is 18.0 Å². The molecule has 0 radical (unpaired) electrons. The SMILES string of the molecule is CCC(CC)(CNC(=O)N1CCC(C)(COC)C1)C(=O)O. The van der Waals surface area contributed by atoms with Crippen molar-refractivity contribution in [3.63, 3.8) is 0 Å². The lowest BCUT2D eigenvalue weighted by molar-refractivity contribution is -0.149. The van der Waals surface area contributed by atoms with Gasteiger partial charge in [-0.3, -0.25) is 4.79 Å². The van der Waals surface area contributed by atoms with Gasteiger partial charge in [-0.25, -0.2) is 4.79 Å². The summed E-state index contributed by atoms with van der Waals surface area (Å²) in [4.78, 5) is 25.4. The summed E-state index contributed by atoms with van der Waals surface area (Å²) in [6.45, 7) is 7.91. The Hall–Kier alpha value is -1.30. The van der Waals surface area contributed by atoms with Crippen molar-refractivity contribution in [2.75, 3.05) is 33.4 Å². The normalized spacial score (nSPS) is 22.4. The Balaban J connectivity index is 2.57. The number of nitrogens with one attached hydrogen (secondary N) is 1. The topological polar surface area (TPSA) is 78.9 Å². The van der Waals surface area contributed by atoms with Crippen LogP contribution in [-0.4, -0.2) is 55.4 Å². The van der Waals surface area contributed by atoms with Gasteiger partial charge in [0.15, 0.2) is 0 Å². The zero-order valence-corrected chi connectivity index (χ0v) is 13.6. The number of methoxy groups -OCH3 is 1. The highest BCUT2D eigenvalue weighted by atomic mass is 16.5. The molecule has 1 fully saturated rings. The molecule has 0 aliphatic carbocycles. The predicted octanol–water partition coefficient (Wildman–Crippen LogP) is 1.95. The maximum absolute atomic E-state index is 12.2. The molecule has 1 rings (SSSR count). The van der Waals surface area contributed by atoms with Gasteiger partial charge in [0, 0.05) is 32.2 Å². The van der Waals surface area contributed by atoms with E-state index in [4.69, 9.17) is 4.74 Å². The maximum atomic E-state index is 12.2. The van der Waals surface area contributed by atoms with Crippen molar-refractivity contribution in [3.05, 3.63) is 0 Å². The molecular weight excluding hydrogens is 272 g/mol. The van der Waals surface area contributed by atoms with Gasteiger partial charge in [0.05, 0.1) is 12.0 Å². The summed E-state index contributed by atoms with van der Waals surface area (Å²) in [7, 11) is 1.66. The lowest BCUT2D eigenvalue weighted by atomic mass is 9.82. The first-order valence-corrected chi connectivity index (χ1v) is 7.57. The molecule has 1 atom stereocenters. The monoisotopic (exact) mass is 300 g/mol. The van der Waals surface area contributed by atoms with Gasteiger partial charge < -0.3 is 20.1 Å². The summed E-state index contributed by atoms with van der Waals surface area (Å²) in [5.41, 5.74) is -0.878. The zero-order valence-electron chi connectivity index (χ0n) is 13.6. The van der Waals surface area contributed by atoms with Crippen molar-refractivity contribution in [3.8, 4) is 0 Å². The van der Waals surface area contributed by atoms with Gasteiger partial charge in [0.25, 0.3) is 0 Å². The molecule has 0 aromatic heterocycles. The van der Waals surface area contributed by atoms with Gasteiger partial charge in [-0.05, 0) is 19.3 Å². The Labute approximate surface area is 126 Å². The molecule has 0 spiro atoms. The maximum Gasteiger partial charge on any atom is 0.317 e. The molecule has 0 saturated carbocycles. The molecule has 0 aromatic carbocycles. The van der Waals surface area contributed by atoms with Crippen LogP contribution in [0.3, 0.4) is 0 Å². The third kappa shape index (κ3) is 4.09. The minimum absolute atomic E-state index is 0.00844. The standard InChI is InChI=1S/C15H28N2O4/c1-5-15(6-2,12(18)19)9-16-13(20)17-8-7-14(3,10-17)11-21-4/h5-11H2,1-4H3,(H,16,20)(H,18,19). The van der Waals surface area contributed by atoms with E-state index < -0.39 is 11.4 Å². The fourth-order valence-electron chi connectivity index (χ4n) is 2.90. The van der Waals surface area contributed by atoms with Gasteiger partial charge in [-0.1, -0.05) is 20.8 Å². The first-order valence-electron chi connectivity index (χ1n) is 7.57. The second kappa shape index (κ2) is 7.11. The molecule has 2 amide bonds. The van der Waals surface area contributed by atoms with Crippen molar-refractivity contribution in [1.29, 1.82) is 0 Å². The molecule has 0 bridgehead atoms. The van der Waals surface area contributed by atoms with Crippen LogP contribution in [0.2, 0.25) is 0 Å². The number of hydrogen-bond acceptors (Lipinski definition) is 3. The number of rotatable bonds is 7. The number of hydrogen-bond donors (Lipinski definition) is 2. The molecule has 6 nitrogen and oxygen atoms in total. The number of carbonyl (C=O) groups is 2. The molecule has 2 N–H and O–H groups in total. The molecular formula is C15H28N2O4. The number of carboxylic acid groups (broad SMARTS) is 1. The number of amides is 2. The number of ether oxygens (including phenoxy) is 1. The van der Waals surface area contributed by atoms with Crippen LogP contribution in [0.1, 0.15) is 40.0 Å². The second-order valence-corrected chi connectivity index (χ2v) is 6.37. The van der Waals surface area contributed by atoms with Crippen LogP contribution >= 0.6 is 0 Å². The summed E-state index contributed by atoms with van der Waals surface area (Å²) in [5, 5.41) is 12.2. The quantitative estimate of drug-likeness (QED) is 0.753. The van der Waals surface area contributed by atoms with E-state index >= 15 is 0 Å². The van der Waals surface area contributed by atoms with E-state index in [0.717, 1.165) is 6.42 Å². The Morgan fingerprint density at radius 3 is 2.48 bits per heavy atom. The second-order valence-electron chi connectivity index (χ2n) is 6.37. The summed E-state index contributed by atoms with van der Waals surface area (Å²) >= 11 is 0. The molecule has 0 aromatic rings. The summed E-state index contributed by atoms with van der Waals surface area (Å²) in [6, 6.07) is -0.178. The Kier molecular flexibility index (Phi) is 6.01. The number of carboxylic acids is 1. The summed E-state index contributed by atoms with van der Waals surface area (Å²) in [6.07, 6.45) is 1.90. The third-order valence-electron chi connectivity index (χ3n) is 4.72. The van der Waals surface area contributed by atoms with Crippen molar-refractivity contribution in [1.82, 2.24) is 10.2 Å². The number of likely N-dealkylation sites (tertiary alicyclic amines) is 1. The molecule has 1 aliphatic rings. The lowest BCUT2D eigenvalue weighted by Gasteiger charge is -2.29. The van der Waals surface area contributed by atoms with Crippen LogP contribution in [0.25, 0.3) is 0 Å². The highest BCUT2D eigenvalue weighted by Crippen LogP contribution is 2.30.